The molecule has 3 aromatic rings. The lowest BCUT2D eigenvalue weighted by molar-refractivity contribution is 0.0699. The zero-order valence-electron chi connectivity index (χ0n) is 8.79. The van der Waals surface area contributed by atoms with Crippen molar-refractivity contribution in [1.82, 2.24) is 9.97 Å². The van der Waals surface area contributed by atoms with Crippen molar-refractivity contribution in [2.45, 2.75) is 0 Å². The van der Waals surface area contributed by atoms with E-state index in [0.717, 1.165) is 5.52 Å². The zero-order chi connectivity index (χ0) is 11.8. The Morgan fingerprint density at radius 3 is 2.17 bits per heavy atom. The van der Waals surface area contributed by atoms with Crippen LogP contribution in [0.3, 0.4) is 0 Å². The normalized spacial score (nSPS) is 10.2. The second-order valence-corrected chi connectivity index (χ2v) is 3.69. The highest BCUT2D eigenvalue weighted by Gasteiger charge is 2.10. The molecule has 1 heterocycles. The van der Waals surface area contributed by atoms with Crippen LogP contribution in [-0.2, 0) is 0 Å². The lowest BCUT2D eigenvalue weighted by Gasteiger charge is -2.03. The third-order valence-electron chi connectivity index (χ3n) is 2.60. The average molecular weight is 238 g/mol. The summed E-state index contributed by atoms with van der Waals surface area (Å²) in [5.41, 5.74) is 2.68. The van der Waals surface area contributed by atoms with Crippen molar-refractivity contribution >= 4 is 36.4 Å². The van der Waals surface area contributed by atoms with Crippen LogP contribution in [0.4, 0.5) is 0 Å². The second kappa shape index (κ2) is 4.45. The summed E-state index contributed by atoms with van der Waals surface area (Å²) in [6.07, 6.45) is 0. The van der Waals surface area contributed by atoms with Crippen LogP contribution >= 0.6 is 0 Å². The Morgan fingerprint density at radius 2 is 1.50 bits per heavy atom. The SMILES string of the molecule is B.O=C(O)c1cccc2nc3ccccc3nc12. The number of hydrogen-bond acceptors (Lipinski definition) is 3. The molecule has 0 aliphatic carbocycles. The molecule has 4 nitrogen and oxygen atoms in total. The van der Waals surface area contributed by atoms with Crippen LogP contribution in [0, 0.1) is 0 Å². The number of benzene rings is 2. The van der Waals surface area contributed by atoms with Crippen LogP contribution in [-0.4, -0.2) is 29.5 Å². The van der Waals surface area contributed by atoms with Crippen LogP contribution in [0.25, 0.3) is 22.1 Å². The van der Waals surface area contributed by atoms with Crippen LogP contribution in [0.2, 0.25) is 0 Å². The van der Waals surface area contributed by atoms with E-state index in [4.69, 9.17) is 5.11 Å². The summed E-state index contributed by atoms with van der Waals surface area (Å²) in [5.74, 6) is -0.986. The molecule has 0 saturated carbocycles. The van der Waals surface area contributed by atoms with Gasteiger partial charge in [0.1, 0.15) is 5.52 Å². The number of nitrogens with zero attached hydrogens (tertiary/aromatic N) is 2. The minimum Gasteiger partial charge on any atom is -0.478 e. The van der Waals surface area contributed by atoms with Crippen molar-refractivity contribution in [3.8, 4) is 0 Å². The Bertz CT molecular complexity index is 743. The van der Waals surface area contributed by atoms with Gasteiger partial charge in [0, 0.05) is 0 Å². The Morgan fingerprint density at radius 1 is 0.889 bits per heavy atom. The maximum atomic E-state index is 11.1. The van der Waals surface area contributed by atoms with Crippen LogP contribution in [0.5, 0.6) is 0 Å². The molecular weight excluding hydrogens is 227 g/mol. The molecule has 0 atom stereocenters. The highest BCUT2D eigenvalue weighted by molar-refractivity contribution is 6.02. The molecule has 0 spiro atoms. The highest BCUT2D eigenvalue weighted by Crippen LogP contribution is 2.19. The van der Waals surface area contributed by atoms with Crippen LogP contribution in [0.15, 0.2) is 42.5 Å². The molecule has 0 fully saturated rings. The van der Waals surface area contributed by atoms with E-state index >= 15 is 0 Å². The molecule has 0 saturated heterocycles. The van der Waals surface area contributed by atoms with Gasteiger partial charge in [0.2, 0.25) is 0 Å². The van der Waals surface area contributed by atoms with Gasteiger partial charge in [-0.2, -0.15) is 0 Å². The van der Waals surface area contributed by atoms with Crippen molar-refractivity contribution in [2.75, 3.05) is 0 Å². The number of carboxylic acid groups (broad SMARTS) is 1. The van der Waals surface area contributed by atoms with E-state index < -0.39 is 5.97 Å². The first-order chi connectivity index (χ1) is 8.25. The average Bonchev–Trinajstić information content (AvgIpc) is 2.35. The molecule has 0 radical (unpaired) electrons. The van der Waals surface area contributed by atoms with E-state index in [2.05, 4.69) is 9.97 Å². The van der Waals surface area contributed by atoms with E-state index in [0.29, 0.717) is 16.6 Å². The largest absolute Gasteiger partial charge is 0.478 e. The van der Waals surface area contributed by atoms with Gasteiger partial charge in [-0.1, -0.05) is 18.2 Å². The van der Waals surface area contributed by atoms with Crippen molar-refractivity contribution < 1.29 is 9.90 Å². The summed E-state index contributed by atoms with van der Waals surface area (Å²) < 4.78 is 0. The van der Waals surface area contributed by atoms with Gasteiger partial charge >= 0.3 is 5.97 Å². The number of aromatic nitrogens is 2. The van der Waals surface area contributed by atoms with E-state index in [1.165, 1.54) is 6.07 Å². The first-order valence-corrected chi connectivity index (χ1v) is 5.14. The van der Waals surface area contributed by atoms with Gasteiger partial charge in [-0.15, -0.1) is 0 Å². The third-order valence-corrected chi connectivity index (χ3v) is 2.60. The molecule has 3 rings (SSSR count). The summed E-state index contributed by atoms with van der Waals surface area (Å²) in [7, 11) is 0. The summed E-state index contributed by atoms with van der Waals surface area (Å²) >= 11 is 0. The van der Waals surface area contributed by atoms with Crippen molar-refractivity contribution in [2.24, 2.45) is 0 Å². The van der Waals surface area contributed by atoms with Gasteiger partial charge in [-0.05, 0) is 24.3 Å². The number of carboxylic acids is 1. The molecular formula is C13H11BN2O2. The Balaban J connectivity index is 0.00000120. The first-order valence-electron chi connectivity index (χ1n) is 5.14. The summed E-state index contributed by atoms with van der Waals surface area (Å²) in [6.45, 7) is 0. The fourth-order valence-electron chi connectivity index (χ4n) is 1.82. The lowest BCUT2D eigenvalue weighted by Crippen LogP contribution is -1.99. The first kappa shape index (κ1) is 12.0. The van der Waals surface area contributed by atoms with Crippen LogP contribution < -0.4 is 0 Å². The number of fused-ring (bicyclic) bond motifs is 2. The highest BCUT2D eigenvalue weighted by atomic mass is 16.4. The molecule has 0 unspecified atom stereocenters. The Kier molecular flexibility index (Phi) is 2.98. The topological polar surface area (TPSA) is 63.1 Å². The van der Waals surface area contributed by atoms with Gasteiger partial charge in [0.25, 0.3) is 0 Å². The molecule has 1 N–H and O–H groups in total. The Labute approximate surface area is 105 Å². The quantitative estimate of drug-likeness (QED) is 0.512. The second-order valence-electron chi connectivity index (χ2n) is 3.69. The van der Waals surface area contributed by atoms with Crippen molar-refractivity contribution in [3.05, 3.63) is 48.0 Å². The van der Waals surface area contributed by atoms with Crippen molar-refractivity contribution in [3.63, 3.8) is 0 Å². The fourth-order valence-corrected chi connectivity index (χ4v) is 1.82. The molecule has 2 aromatic carbocycles. The molecule has 1 aromatic heterocycles. The van der Waals surface area contributed by atoms with E-state index in [-0.39, 0.29) is 14.0 Å². The zero-order valence-corrected chi connectivity index (χ0v) is 8.79. The maximum absolute atomic E-state index is 11.1. The smallest absolute Gasteiger partial charge is 0.337 e. The maximum Gasteiger partial charge on any atom is 0.337 e. The summed E-state index contributed by atoms with van der Waals surface area (Å²) in [4.78, 5) is 19.8. The van der Waals surface area contributed by atoms with Gasteiger partial charge in [-0.3, -0.25) is 0 Å². The molecule has 18 heavy (non-hydrogen) atoms. The molecule has 0 aliphatic rings. The molecule has 88 valence electrons. The molecule has 0 bridgehead atoms. The predicted molar refractivity (Wildman–Crippen MR) is 73.9 cm³/mol. The number of rotatable bonds is 1. The summed E-state index contributed by atoms with van der Waals surface area (Å²) in [6, 6.07) is 12.4. The number of aromatic carboxylic acids is 1. The Hall–Kier alpha value is -2.43. The lowest BCUT2D eigenvalue weighted by atomic mass is 10.1. The molecule has 0 amide bonds. The van der Waals surface area contributed by atoms with Gasteiger partial charge in [0.15, 0.2) is 0 Å². The van der Waals surface area contributed by atoms with Gasteiger partial charge in [-0.25, -0.2) is 14.8 Å². The van der Waals surface area contributed by atoms with Gasteiger partial charge in [0.05, 0.1) is 30.5 Å². The molecule has 0 aliphatic heterocycles. The monoisotopic (exact) mass is 238 g/mol. The molecule has 5 heteroatoms. The minimum atomic E-state index is -0.986. The fraction of sp³-hybridized carbons (Fsp3) is 0. The van der Waals surface area contributed by atoms with Gasteiger partial charge < -0.3 is 5.11 Å². The van der Waals surface area contributed by atoms with Crippen LogP contribution in [0.1, 0.15) is 10.4 Å². The minimum absolute atomic E-state index is 0. The number of carbonyl (C=O) groups is 1. The standard InChI is InChI=1S/C13H8N2O2.BH3/c16-13(17)8-4-3-7-11-12(8)15-10-6-2-1-5-9(10)14-11;/h1-7H,(H,16,17);1H3. The van der Waals surface area contributed by atoms with Crippen molar-refractivity contribution in [1.29, 1.82) is 0 Å². The number of hydrogen-bond donors (Lipinski definition) is 1. The number of para-hydroxylation sites is 3. The van der Waals surface area contributed by atoms with E-state index in [1.807, 2.05) is 24.3 Å². The van der Waals surface area contributed by atoms with E-state index in [9.17, 15) is 4.79 Å². The third kappa shape index (κ3) is 1.80. The predicted octanol–water partition coefficient (Wildman–Crippen LogP) is 1.30. The van der Waals surface area contributed by atoms with E-state index in [1.54, 1.807) is 12.1 Å². The summed E-state index contributed by atoms with van der Waals surface area (Å²) in [5, 5.41) is 9.09.